The molecule has 1 amide bonds. The van der Waals surface area contributed by atoms with Gasteiger partial charge < -0.3 is 10.2 Å². The quantitative estimate of drug-likeness (QED) is 0.799. The van der Waals surface area contributed by atoms with Crippen molar-refractivity contribution in [2.45, 2.75) is 13.0 Å². The number of hydrogen-bond donors (Lipinski definition) is 1. The highest BCUT2D eigenvalue weighted by atomic mass is 16.2. The SMILES string of the molecule is O=C(c1cnc(Nc2ccccc2)nc1)N1CCc2ccccc2C1. The Morgan fingerprint density at radius 2 is 1.60 bits per heavy atom. The number of benzene rings is 2. The topological polar surface area (TPSA) is 58.1 Å². The Hall–Kier alpha value is -3.21. The molecule has 0 fully saturated rings. The van der Waals surface area contributed by atoms with Gasteiger partial charge in [0.15, 0.2) is 0 Å². The van der Waals surface area contributed by atoms with Crippen LogP contribution in [-0.4, -0.2) is 27.3 Å². The molecule has 5 nitrogen and oxygen atoms in total. The Morgan fingerprint density at radius 3 is 2.36 bits per heavy atom. The zero-order chi connectivity index (χ0) is 17.1. The fourth-order valence-corrected chi connectivity index (χ4v) is 3.01. The number of anilines is 2. The zero-order valence-corrected chi connectivity index (χ0v) is 13.7. The number of nitrogens with zero attached hydrogens (tertiary/aromatic N) is 3. The minimum atomic E-state index is -0.0271. The third kappa shape index (κ3) is 3.35. The summed E-state index contributed by atoms with van der Waals surface area (Å²) in [5.74, 6) is 0.451. The van der Waals surface area contributed by atoms with E-state index in [1.165, 1.54) is 11.1 Å². The molecule has 25 heavy (non-hydrogen) atoms. The summed E-state index contributed by atoms with van der Waals surface area (Å²) < 4.78 is 0. The fourth-order valence-electron chi connectivity index (χ4n) is 3.01. The molecule has 5 heteroatoms. The highest BCUT2D eigenvalue weighted by Crippen LogP contribution is 2.20. The number of hydrogen-bond acceptors (Lipinski definition) is 4. The summed E-state index contributed by atoms with van der Waals surface area (Å²) in [6, 6.07) is 18.0. The lowest BCUT2D eigenvalue weighted by Crippen LogP contribution is -2.36. The molecule has 2 aromatic carbocycles. The molecular weight excluding hydrogens is 312 g/mol. The van der Waals surface area contributed by atoms with Crippen LogP contribution in [0.5, 0.6) is 0 Å². The second-order valence-electron chi connectivity index (χ2n) is 6.03. The molecule has 0 saturated heterocycles. The standard InChI is InChI=1S/C20H18N4O/c25-19(24-11-10-15-6-4-5-7-16(15)14-24)17-12-21-20(22-13-17)23-18-8-2-1-3-9-18/h1-9,12-13H,10-11,14H2,(H,21,22,23). The molecule has 0 radical (unpaired) electrons. The first-order chi connectivity index (χ1) is 12.3. The number of aromatic nitrogens is 2. The molecule has 0 spiro atoms. The van der Waals surface area contributed by atoms with Gasteiger partial charge in [-0.05, 0) is 29.7 Å². The maximum Gasteiger partial charge on any atom is 0.257 e. The third-order valence-corrected chi connectivity index (χ3v) is 4.35. The summed E-state index contributed by atoms with van der Waals surface area (Å²) in [4.78, 5) is 23.1. The molecule has 4 rings (SSSR count). The van der Waals surface area contributed by atoms with Crippen molar-refractivity contribution < 1.29 is 4.79 Å². The van der Waals surface area contributed by atoms with E-state index in [2.05, 4.69) is 27.4 Å². The molecule has 2 heterocycles. The Balaban J connectivity index is 1.46. The number of rotatable bonds is 3. The van der Waals surface area contributed by atoms with Crippen LogP contribution in [0.25, 0.3) is 0 Å². The van der Waals surface area contributed by atoms with E-state index in [9.17, 15) is 4.79 Å². The van der Waals surface area contributed by atoms with Gasteiger partial charge in [-0.25, -0.2) is 9.97 Å². The first-order valence-corrected chi connectivity index (χ1v) is 8.30. The van der Waals surface area contributed by atoms with Gasteiger partial charge in [-0.3, -0.25) is 4.79 Å². The molecular formula is C20H18N4O. The molecule has 0 saturated carbocycles. The van der Waals surface area contributed by atoms with Gasteiger partial charge in [0.25, 0.3) is 5.91 Å². The van der Waals surface area contributed by atoms with Crippen LogP contribution in [0, 0.1) is 0 Å². The largest absolute Gasteiger partial charge is 0.334 e. The number of amides is 1. The average Bonchev–Trinajstić information content (AvgIpc) is 2.68. The van der Waals surface area contributed by atoms with Crippen molar-refractivity contribution in [1.82, 2.24) is 14.9 Å². The van der Waals surface area contributed by atoms with Gasteiger partial charge >= 0.3 is 0 Å². The van der Waals surface area contributed by atoms with Crippen molar-refractivity contribution >= 4 is 17.5 Å². The predicted octanol–water partition coefficient (Wildman–Crippen LogP) is 3.42. The van der Waals surface area contributed by atoms with Crippen LogP contribution in [0.4, 0.5) is 11.6 Å². The van der Waals surface area contributed by atoms with Crippen LogP contribution in [0.2, 0.25) is 0 Å². The molecule has 3 aromatic rings. The Kier molecular flexibility index (Phi) is 4.12. The van der Waals surface area contributed by atoms with Gasteiger partial charge in [0.1, 0.15) is 0 Å². The van der Waals surface area contributed by atoms with Crippen LogP contribution in [0.15, 0.2) is 67.0 Å². The average molecular weight is 330 g/mol. The number of para-hydroxylation sites is 1. The minimum absolute atomic E-state index is 0.0271. The second kappa shape index (κ2) is 6.73. The third-order valence-electron chi connectivity index (χ3n) is 4.35. The van der Waals surface area contributed by atoms with Crippen LogP contribution in [-0.2, 0) is 13.0 Å². The van der Waals surface area contributed by atoms with Gasteiger partial charge in [0.05, 0.1) is 5.56 Å². The Morgan fingerprint density at radius 1 is 0.920 bits per heavy atom. The van der Waals surface area contributed by atoms with Gasteiger partial charge in [0, 0.05) is 31.2 Å². The lowest BCUT2D eigenvalue weighted by Gasteiger charge is -2.28. The van der Waals surface area contributed by atoms with Crippen molar-refractivity contribution in [3.8, 4) is 0 Å². The fraction of sp³-hybridized carbons (Fsp3) is 0.150. The predicted molar refractivity (Wildman–Crippen MR) is 96.6 cm³/mol. The molecule has 0 bridgehead atoms. The van der Waals surface area contributed by atoms with E-state index < -0.39 is 0 Å². The van der Waals surface area contributed by atoms with Crippen LogP contribution < -0.4 is 5.32 Å². The summed E-state index contributed by atoms with van der Waals surface area (Å²) in [6.45, 7) is 1.36. The minimum Gasteiger partial charge on any atom is -0.334 e. The maximum atomic E-state index is 12.7. The molecule has 1 aromatic heterocycles. The highest BCUT2D eigenvalue weighted by Gasteiger charge is 2.22. The smallest absolute Gasteiger partial charge is 0.257 e. The molecule has 0 atom stereocenters. The molecule has 1 N–H and O–H groups in total. The summed E-state index contributed by atoms with van der Waals surface area (Å²) in [5.41, 5.74) is 3.96. The van der Waals surface area contributed by atoms with Crippen LogP contribution >= 0.6 is 0 Å². The van der Waals surface area contributed by atoms with Gasteiger partial charge in [-0.1, -0.05) is 42.5 Å². The number of carbonyl (C=O) groups is 1. The summed E-state index contributed by atoms with van der Waals surface area (Å²) in [6.07, 6.45) is 4.05. The van der Waals surface area contributed by atoms with E-state index in [0.29, 0.717) is 18.1 Å². The Bertz CT molecular complexity index is 878. The highest BCUT2D eigenvalue weighted by molar-refractivity contribution is 5.93. The van der Waals surface area contributed by atoms with E-state index in [1.54, 1.807) is 12.4 Å². The van der Waals surface area contributed by atoms with Crippen molar-refractivity contribution in [2.75, 3.05) is 11.9 Å². The van der Waals surface area contributed by atoms with E-state index in [1.807, 2.05) is 47.4 Å². The molecule has 1 aliphatic heterocycles. The van der Waals surface area contributed by atoms with Crippen molar-refractivity contribution in [3.05, 3.63) is 83.7 Å². The number of nitrogens with one attached hydrogen (secondary N) is 1. The maximum absolute atomic E-state index is 12.7. The van der Waals surface area contributed by atoms with Gasteiger partial charge in [-0.2, -0.15) is 0 Å². The van der Waals surface area contributed by atoms with Crippen molar-refractivity contribution in [3.63, 3.8) is 0 Å². The van der Waals surface area contributed by atoms with Crippen LogP contribution in [0.1, 0.15) is 21.5 Å². The second-order valence-corrected chi connectivity index (χ2v) is 6.03. The number of carbonyl (C=O) groups excluding carboxylic acids is 1. The Labute approximate surface area is 146 Å². The van der Waals surface area contributed by atoms with Crippen molar-refractivity contribution in [2.24, 2.45) is 0 Å². The zero-order valence-electron chi connectivity index (χ0n) is 13.7. The molecule has 124 valence electrons. The summed E-state index contributed by atoms with van der Waals surface area (Å²) >= 11 is 0. The first kappa shape index (κ1) is 15.3. The molecule has 1 aliphatic rings. The van der Waals surface area contributed by atoms with E-state index in [-0.39, 0.29) is 5.91 Å². The normalized spacial score (nSPS) is 13.2. The van der Waals surface area contributed by atoms with Gasteiger partial charge in [-0.15, -0.1) is 0 Å². The number of fused-ring (bicyclic) bond motifs is 1. The molecule has 0 aliphatic carbocycles. The van der Waals surface area contributed by atoms with Gasteiger partial charge in [0.2, 0.25) is 5.95 Å². The van der Waals surface area contributed by atoms with E-state index >= 15 is 0 Å². The van der Waals surface area contributed by atoms with E-state index in [4.69, 9.17) is 0 Å². The molecule has 0 unspecified atom stereocenters. The first-order valence-electron chi connectivity index (χ1n) is 8.30. The monoisotopic (exact) mass is 330 g/mol. The van der Waals surface area contributed by atoms with E-state index in [0.717, 1.165) is 18.7 Å². The lowest BCUT2D eigenvalue weighted by molar-refractivity contribution is 0.0734. The summed E-state index contributed by atoms with van der Waals surface area (Å²) in [7, 11) is 0. The lowest BCUT2D eigenvalue weighted by atomic mass is 9.99. The van der Waals surface area contributed by atoms with Crippen LogP contribution in [0.3, 0.4) is 0 Å². The van der Waals surface area contributed by atoms with Crippen molar-refractivity contribution in [1.29, 1.82) is 0 Å². The summed E-state index contributed by atoms with van der Waals surface area (Å²) in [5, 5.41) is 3.12.